The molecule has 0 spiro atoms. The maximum absolute atomic E-state index is 13.0. The second kappa shape index (κ2) is 7.94. The average Bonchev–Trinajstić information content (AvgIpc) is 3.07. The van der Waals surface area contributed by atoms with Crippen LogP contribution >= 0.6 is 11.3 Å². The third-order valence-corrected chi connectivity index (χ3v) is 3.94. The number of carbonyl (C=O) groups excluding carboxylic acids is 2. The summed E-state index contributed by atoms with van der Waals surface area (Å²) >= 11 is 1.44. The van der Waals surface area contributed by atoms with Gasteiger partial charge in [-0.3, -0.25) is 9.59 Å². The zero-order valence-corrected chi connectivity index (χ0v) is 12.9. The average molecular weight is 339 g/mol. The number of ketones is 1. The van der Waals surface area contributed by atoms with Crippen LogP contribution in [0.25, 0.3) is 0 Å². The first-order valence-corrected chi connectivity index (χ1v) is 7.86. The summed E-state index contributed by atoms with van der Waals surface area (Å²) < 4.78 is 25.8. The minimum absolute atomic E-state index is 0.0232. The third kappa shape index (κ3) is 4.94. The molecule has 4 nitrogen and oxygen atoms in total. The molecule has 7 heteroatoms. The van der Waals surface area contributed by atoms with Crippen LogP contribution in [-0.4, -0.2) is 23.3 Å². The van der Waals surface area contributed by atoms with Crippen molar-refractivity contribution in [3.8, 4) is 0 Å². The molecule has 23 heavy (non-hydrogen) atoms. The van der Waals surface area contributed by atoms with Gasteiger partial charge in [-0.25, -0.2) is 8.78 Å². The molecule has 1 aromatic carbocycles. The van der Waals surface area contributed by atoms with Crippen LogP contribution in [-0.2, 0) is 4.79 Å². The van der Waals surface area contributed by atoms with Gasteiger partial charge in [0.15, 0.2) is 17.4 Å². The molecule has 0 aliphatic carbocycles. The largest absolute Gasteiger partial charge is 0.387 e. The molecule has 0 bridgehead atoms. The van der Waals surface area contributed by atoms with E-state index < -0.39 is 29.4 Å². The number of aliphatic hydroxyl groups is 1. The van der Waals surface area contributed by atoms with Crippen LogP contribution in [0.5, 0.6) is 0 Å². The monoisotopic (exact) mass is 339 g/mol. The Morgan fingerprint density at radius 2 is 1.96 bits per heavy atom. The van der Waals surface area contributed by atoms with E-state index in [2.05, 4.69) is 5.32 Å². The number of hydrogen-bond acceptors (Lipinski definition) is 4. The first kappa shape index (κ1) is 17.2. The molecule has 0 saturated heterocycles. The van der Waals surface area contributed by atoms with Gasteiger partial charge >= 0.3 is 0 Å². The summed E-state index contributed by atoms with van der Waals surface area (Å²) in [7, 11) is 0. The Kier molecular flexibility index (Phi) is 5.95. The molecule has 0 aliphatic heterocycles. The number of rotatable bonds is 7. The lowest BCUT2D eigenvalue weighted by atomic mass is 10.1. The zero-order valence-electron chi connectivity index (χ0n) is 12.1. The van der Waals surface area contributed by atoms with Crippen molar-refractivity contribution >= 4 is 23.0 Å². The maximum Gasteiger partial charge on any atom is 0.220 e. The molecule has 0 aliphatic rings. The van der Waals surface area contributed by atoms with E-state index >= 15 is 0 Å². The van der Waals surface area contributed by atoms with Gasteiger partial charge in [0.2, 0.25) is 5.91 Å². The number of amides is 1. The van der Waals surface area contributed by atoms with Gasteiger partial charge < -0.3 is 10.4 Å². The van der Waals surface area contributed by atoms with Crippen molar-refractivity contribution in [1.29, 1.82) is 0 Å². The van der Waals surface area contributed by atoms with E-state index in [1.807, 2.05) is 5.38 Å². The molecule has 0 saturated carbocycles. The lowest BCUT2D eigenvalue weighted by Crippen LogP contribution is -2.28. The lowest BCUT2D eigenvalue weighted by Gasteiger charge is -2.10. The Morgan fingerprint density at radius 3 is 2.61 bits per heavy atom. The van der Waals surface area contributed by atoms with Crippen molar-refractivity contribution in [2.75, 3.05) is 6.54 Å². The van der Waals surface area contributed by atoms with Crippen molar-refractivity contribution in [2.45, 2.75) is 18.9 Å². The highest BCUT2D eigenvalue weighted by Gasteiger charge is 2.13. The normalized spacial score (nSPS) is 12.0. The van der Waals surface area contributed by atoms with E-state index in [1.54, 1.807) is 11.4 Å². The second-order valence-corrected chi connectivity index (χ2v) is 5.71. The predicted molar refractivity (Wildman–Crippen MR) is 82.2 cm³/mol. The van der Waals surface area contributed by atoms with E-state index in [4.69, 9.17) is 0 Å². The maximum atomic E-state index is 13.0. The highest BCUT2D eigenvalue weighted by atomic mass is 32.1. The molecule has 0 radical (unpaired) electrons. The Balaban J connectivity index is 1.77. The van der Waals surface area contributed by atoms with E-state index in [1.165, 1.54) is 17.4 Å². The summed E-state index contributed by atoms with van der Waals surface area (Å²) in [5.41, 5.74) is 0.739. The summed E-state index contributed by atoms with van der Waals surface area (Å²) in [6.45, 7) is 0.0505. The van der Waals surface area contributed by atoms with Crippen molar-refractivity contribution in [2.24, 2.45) is 0 Å². The van der Waals surface area contributed by atoms with E-state index in [0.717, 1.165) is 12.1 Å². The summed E-state index contributed by atoms with van der Waals surface area (Å²) in [4.78, 5) is 23.5. The Hall–Kier alpha value is -2.12. The number of benzene rings is 1. The predicted octanol–water partition coefficient (Wildman–Crippen LogP) is 2.84. The molecule has 2 N–H and O–H groups in total. The smallest absolute Gasteiger partial charge is 0.220 e. The van der Waals surface area contributed by atoms with Crippen LogP contribution in [0.2, 0.25) is 0 Å². The molecular weight excluding hydrogens is 324 g/mol. The van der Waals surface area contributed by atoms with Crippen molar-refractivity contribution in [3.05, 3.63) is 57.8 Å². The molecule has 1 unspecified atom stereocenters. The minimum atomic E-state index is -1.10. The summed E-state index contributed by atoms with van der Waals surface area (Å²) in [6.07, 6.45) is -1.01. The fraction of sp³-hybridized carbons (Fsp3) is 0.250. The number of thiophene rings is 1. The van der Waals surface area contributed by atoms with E-state index in [-0.39, 0.29) is 24.9 Å². The number of halogens is 2. The molecule has 1 heterocycles. The summed E-state index contributed by atoms with van der Waals surface area (Å²) in [5.74, 6) is -2.96. The molecule has 1 atom stereocenters. The fourth-order valence-corrected chi connectivity index (χ4v) is 2.63. The van der Waals surface area contributed by atoms with Crippen LogP contribution in [0, 0.1) is 11.6 Å². The molecule has 0 fully saturated rings. The molecule has 1 aromatic heterocycles. The van der Waals surface area contributed by atoms with Crippen LogP contribution in [0.4, 0.5) is 8.78 Å². The Labute approximate surface area is 135 Å². The minimum Gasteiger partial charge on any atom is -0.387 e. The van der Waals surface area contributed by atoms with Crippen LogP contribution < -0.4 is 5.32 Å². The fourth-order valence-electron chi connectivity index (χ4n) is 1.92. The first-order chi connectivity index (χ1) is 11.0. The Morgan fingerprint density at radius 1 is 1.17 bits per heavy atom. The lowest BCUT2D eigenvalue weighted by molar-refractivity contribution is -0.121. The molecule has 2 rings (SSSR count). The summed E-state index contributed by atoms with van der Waals surface area (Å²) in [6, 6.07) is 4.63. The van der Waals surface area contributed by atoms with E-state index in [9.17, 15) is 23.5 Å². The Bertz CT molecular complexity index is 689. The van der Waals surface area contributed by atoms with Gasteiger partial charge in [-0.05, 0) is 40.6 Å². The van der Waals surface area contributed by atoms with Gasteiger partial charge in [-0.15, -0.1) is 0 Å². The number of carbonyl (C=O) groups is 2. The SMILES string of the molecule is O=C(CCC(=O)c1ccc(F)c(F)c1)NCC(O)c1ccsc1. The standard InChI is InChI=1S/C16H15F2NO3S/c17-12-2-1-10(7-13(12)18)14(20)3-4-16(22)19-8-15(21)11-5-6-23-9-11/h1-2,5-7,9,15,21H,3-4,8H2,(H,19,22). The second-order valence-electron chi connectivity index (χ2n) is 4.93. The van der Waals surface area contributed by atoms with Gasteiger partial charge in [-0.2, -0.15) is 11.3 Å². The van der Waals surface area contributed by atoms with Gasteiger partial charge in [0.1, 0.15) is 0 Å². The molecule has 1 amide bonds. The molecule has 2 aromatic rings. The van der Waals surface area contributed by atoms with Crippen molar-refractivity contribution < 1.29 is 23.5 Å². The number of hydrogen-bond donors (Lipinski definition) is 2. The van der Waals surface area contributed by atoms with Gasteiger partial charge in [-0.1, -0.05) is 0 Å². The van der Waals surface area contributed by atoms with Crippen molar-refractivity contribution in [1.82, 2.24) is 5.32 Å². The molecular formula is C16H15F2NO3S. The van der Waals surface area contributed by atoms with Gasteiger partial charge in [0.05, 0.1) is 6.10 Å². The quantitative estimate of drug-likeness (QED) is 0.762. The van der Waals surface area contributed by atoms with Gasteiger partial charge in [0.25, 0.3) is 0 Å². The topological polar surface area (TPSA) is 66.4 Å². The highest BCUT2D eigenvalue weighted by molar-refractivity contribution is 7.07. The molecule has 122 valence electrons. The zero-order chi connectivity index (χ0) is 16.8. The van der Waals surface area contributed by atoms with E-state index in [0.29, 0.717) is 5.56 Å². The van der Waals surface area contributed by atoms with Gasteiger partial charge in [0, 0.05) is 24.9 Å². The van der Waals surface area contributed by atoms with Crippen LogP contribution in [0.3, 0.4) is 0 Å². The number of aliphatic hydroxyl groups excluding tert-OH is 1. The highest BCUT2D eigenvalue weighted by Crippen LogP contribution is 2.15. The first-order valence-electron chi connectivity index (χ1n) is 6.92. The van der Waals surface area contributed by atoms with Crippen LogP contribution in [0.15, 0.2) is 35.0 Å². The number of nitrogens with one attached hydrogen (secondary N) is 1. The summed E-state index contributed by atoms with van der Waals surface area (Å²) in [5, 5.41) is 15.9. The van der Waals surface area contributed by atoms with Crippen molar-refractivity contribution in [3.63, 3.8) is 0 Å². The third-order valence-electron chi connectivity index (χ3n) is 3.24. The number of Topliss-reactive ketones (excluding diaryl/α,β-unsaturated/α-hetero) is 1. The van der Waals surface area contributed by atoms with Crippen LogP contribution in [0.1, 0.15) is 34.9 Å².